The minimum Gasteiger partial charge on any atom is -0.486 e. The zero-order valence-corrected chi connectivity index (χ0v) is 18.5. The fraction of sp³-hybridized carbons (Fsp3) is 0.440. The lowest BCUT2D eigenvalue weighted by Gasteiger charge is -2.24. The number of hydrogen-bond acceptors (Lipinski definition) is 4. The van der Waals surface area contributed by atoms with Crippen LogP contribution in [-0.2, 0) is 0 Å². The quantitative estimate of drug-likeness (QED) is 0.595. The third kappa shape index (κ3) is 7.78. The van der Waals surface area contributed by atoms with Gasteiger partial charge >= 0.3 is 0 Å². The number of nitrogens with zero attached hydrogens (tertiary/aromatic N) is 2. The van der Waals surface area contributed by atoms with Crippen LogP contribution in [0.2, 0.25) is 0 Å². The highest BCUT2D eigenvalue weighted by molar-refractivity contribution is 7.99. The molecular weight excluding hydrogens is 376 g/mol. The van der Waals surface area contributed by atoms with Gasteiger partial charge in [0.1, 0.15) is 11.9 Å². The van der Waals surface area contributed by atoms with E-state index in [-0.39, 0.29) is 6.10 Å². The lowest BCUT2D eigenvalue weighted by molar-refractivity contribution is 0.179. The van der Waals surface area contributed by atoms with Crippen LogP contribution in [-0.4, -0.2) is 61.6 Å². The molecule has 3 nitrogen and oxygen atoms in total. The van der Waals surface area contributed by atoms with Crippen molar-refractivity contribution in [2.75, 3.05) is 51.8 Å². The second kappa shape index (κ2) is 11.9. The predicted molar refractivity (Wildman–Crippen MR) is 125 cm³/mol. The predicted octanol–water partition coefficient (Wildman–Crippen LogP) is 4.55. The summed E-state index contributed by atoms with van der Waals surface area (Å²) in [4.78, 5) is 4.71. The molecule has 29 heavy (non-hydrogen) atoms. The summed E-state index contributed by atoms with van der Waals surface area (Å²) in [7, 11) is 4.19. The lowest BCUT2D eigenvalue weighted by Crippen LogP contribution is -2.33. The Morgan fingerprint density at radius 1 is 1.03 bits per heavy atom. The van der Waals surface area contributed by atoms with Gasteiger partial charge in [-0.1, -0.05) is 42.2 Å². The molecule has 1 aliphatic heterocycles. The molecule has 1 heterocycles. The first-order chi connectivity index (χ1) is 14.2. The van der Waals surface area contributed by atoms with Gasteiger partial charge in [-0.05, 0) is 43.9 Å². The van der Waals surface area contributed by atoms with E-state index in [1.54, 1.807) is 0 Å². The van der Waals surface area contributed by atoms with Crippen LogP contribution in [0.5, 0.6) is 5.75 Å². The van der Waals surface area contributed by atoms with Crippen molar-refractivity contribution < 1.29 is 4.74 Å². The molecule has 3 rings (SSSR count). The van der Waals surface area contributed by atoms with Crippen LogP contribution < -0.4 is 4.74 Å². The largest absolute Gasteiger partial charge is 0.486 e. The molecular formula is C25H32N2OS. The van der Waals surface area contributed by atoms with E-state index in [4.69, 9.17) is 4.74 Å². The summed E-state index contributed by atoms with van der Waals surface area (Å²) < 4.78 is 6.33. The van der Waals surface area contributed by atoms with Gasteiger partial charge in [-0.2, -0.15) is 11.8 Å². The molecule has 1 unspecified atom stereocenters. The summed E-state index contributed by atoms with van der Waals surface area (Å²) >= 11 is 2.05. The molecule has 2 aromatic carbocycles. The molecule has 0 spiro atoms. The van der Waals surface area contributed by atoms with E-state index in [1.807, 2.05) is 18.2 Å². The number of thioether (sulfide) groups is 1. The highest BCUT2D eigenvalue weighted by Gasteiger charge is 2.13. The molecule has 154 valence electrons. The number of ether oxygens (including phenoxy) is 1. The average molecular weight is 409 g/mol. The first kappa shape index (κ1) is 21.8. The second-order valence-corrected chi connectivity index (χ2v) is 8.86. The Hall–Kier alpha value is -1.93. The van der Waals surface area contributed by atoms with E-state index < -0.39 is 0 Å². The van der Waals surface area contributed by atoms with Crippen molar-refractivity contribution in [1.29, 1.82) is 0 Å². The molecule has 0 aromatic heterocycles. The van der Waals surface area contributed by atoms with E-state index in [0.29, 0.717) is 0 Å². The minimum absolute atomic E-state index is 0.0539. The molecule has 1 saturated heterocycles. The van der Waals surface area contributed by atoms with Crippen molar-refractivity contribution in [2.45, 2.75) is 18.9 Å². The molecule has 1 fully saturated rings. The van der Waals surface area contributed by atoms with Crippen LogP contribution in [0.15, 0.2) is 54.6 Å². The molecule has 0 bridgehead atoms. The van der Waals surface area contributed by atoms with Gasteiger partial charge in [0, 0.05) is 56.1 Å². The first-order valence-electron chi connectivity index (χ1n) is 10.5. The molecule has 1 aliphatic rings. The van der Waals surface area contributed by atoms with Gasteiger partial charge in [-0.3, -0.25) is 0 Å². The molecule has 0 radical (unpaired) electrons. The van der Waals surface area contributed by atoms with Gasteiger partial charge in [-0.25, -0.2) is 0 Å². The molecule has 0 N–H and O–H groups in total. The van der Waals surface area contributed by atoms with E-state index in [9.17, 15) is 0 Å². The summed E-state index contributed by atoms with van der Waals surface area (Å²) in [5.41, 5.74) is 2.27. The zero-order chi connectivity index (χ0) is 20.3. The van der Waals surface area contributed by atoms with Gasteiger partial charge in [0.2, 0.25) is 0 Å². The molecule has 0 saturated carbocycles. The standard InChI is InChI=1S/C25H32N2OS/c1-26(2)17-15-25(23-9-4-3-5-10-23)28-24-13-11-22(12-14-24)8-6-7-16-27-18-20-29-21-19-27/h3-5,9-14,25H,7,15-21H2,1-2H3. The SMILES string of the molecule is CN(C)CCC(Oc1ccc(C#CCCN2CCSCC2)cc1)c1ccccc1. The van der Waals surface area contributed by atoms with E-state index in [0.717, 1.165) is 37.2 Å². The van der Waals surface area contributed by atoms with Crippen LogP contribution >= 0.6 is 11.8 Å². The fourth-order valence-corrected chi connectivity index (χ4v) is 4.30. The summed E-state index contributed by atoms with van der Waals surface area (Å²) in [5.74, 6) is 10.0. The Bertz CT molecular complexity index is 774. The van der Waals surface area contributed by atoms with Crippen molar-refractivity contribution in [3.05, 3.63) is 65.7 Å². The third-order valence-corrected chi connectivity index (χ3v) is 5.97. The second-order valence-electron chi connectivity index (χ2n) is 7.64. The van der Waals surface area contributed by atoms with E-state index >= 15 is 0 Å². The Morgan fingerprint density at radius 3 is 2.45 bits per heavy atom. The number of rotatable bonds is 8. The van der Waals surface area contributed by atoms with Crippen molar-refractivity contribution in [3.63, 3.8) is 0 Å². The van der Waals surface area contributed by atoms with Crippen LogP contribution in [0.4, 0.5) is 0 Å². The summed E-state index contributed by atoms with van der Waals surface area (Å²) in [6.07, 6.45) is 1.94. The van der Waals surface area contributed by atoms with Crippen molar-refractivity contribution in [1.82, 2.24) is 9.80 Å². The van der Waals surface area contributed by atoms with E-state index in [1.165, 1.54) is 30.2 Å². The van der Waals surface area contributed by atoms with Gasteiger partial charge in [-0.15, -0.1) is 0 Å². The highest BCUT2D eigenvalue weighted by atomic mass is 32.2. The van der Waals surface area contributed by atoms with Crippen molar-refractivity contribution in [2.24, 2.45) is 0 Å². The van der Waals surface area contributed by atoms with Crippen LogP contribution in [0.3, 0.4) is 0 Å². The van der Waals surface area contributed by atoms with Gasteiger partial charge in [0.25, 0.3) is 0 Å². The monoisotopic (exact) mass is 408 g/mol. The Morgan fingerprint density at radius 2 is 1.76 bits per heavy atom. The van der Waals surface area contributed by atoms with Gasteiger partial charge in [0.05, 0.1) is 0 Å². The maximum Gasteiger partial charge on any atom is 0.125 e. The topological polar surface area (TPSA) is 15.7 Å². The molecule has 0 aliphatic carbocycles. The maximum atomic E-state index is 6.33. The number of benzene rings is 2. The van der Waals surface area contributed by atoms with Crippen molar-refractivity contribution in [3.8, 4) is 17.6 Å². The van der Waals surface area contributed by atoms with Crippen molar-refractivity contribution >= 4 is 11.8 Å². The Labute approximate surface area is 180 Å². The fourth-order valence-electron chi connectivity index (χ4n) is 3.32. The first-order valence-corrected chi connectivity index (χ1v) is 11.6. The molecule has 1 atom stereocenters. The summed E-state index contributed by atoms with van der Waals surface area (Å²) in [5, 5.41) is 0. The van der Waals surface area contributed by atoms with E-state index in [2.05, 4.69) is 83.9 Å². The van der Waals surface area contributed by atoms with Crippen LogP contribution in [0, 0.1) is 11.8 Å². The average Bonchev–Trinajstić information content (AvgIpc) is 2.76. The lowest BCUT2D eigenvalue weighted by atomic mass is 10.1. The Kier molecular flexibility index (Phi) is 8.95. The highest BCUT2D eigenvalue weighted by Crippen LogP contribution is 2.25. The Balaban J connectivity index is 1.54. The maximum absolute atomic E-state index is 6.33. The summed E-state index contributed by atoms with van der Waals surface area (Å²) in [6.45, 7) is 4.47. The number of hydrogen-bond donors (Lipinski definition) is 0. The molecule has 0 amide bonds. The van der Waals surface area contributed by atoms with Crippen LogP contribution in [0.1, 0.15) is 30.1 Å². The third-order valence-electron chi connectivity index (χ3n) is 5.03. The summed E-state index contributed by atoms with van der Waals surface area (Å²) in [6, 6.07) is 18.7. The zero-order valence-electron chi connectivity index (χ0n) is 17.6. The normalized spacial score (nSPS) is 15.6. The molecule has 4 heteroatoms. The molecule has 2 aromatic rings. The smallest absolute Gasteiger partial charge is 0.125 e. The van der Waals surface area contributed by atoms with Crippen LogP contribution in [0.25, 0.3) is 0 Å². The minimum atomic E-state index is 0.0539. The van der Waals surface area contributed by atoms with Gasteiger partial charge in [0.15, 0.2) is 0 Å². The van der Waals surface area contributed by atoms with Gasteiger partial charge < -0.3 is 14.5 Å².